The molecule has 2 aromatic carbocycles. The van der Waals surface area contributed by atoms with Gasteiger partial charge in [0.2, 0.25) is 5.91 Å². The average molecular weight is 322 g/mol. The zero-order valence-corrected chi connectivity index (χ0v) is 13.8. The van der Waals surface area contributed by atoms with E-state index in [9.17, 15) is 9.59 Å². The minimum atomic E-state index is -0.128. The van der Waals surface area contributed by atoms with Gasteiger partial charge in [0, 0.05) is 17.3 Å². The van der Waals surface area contributed by atoms with E-state index in [4.69, 9.17) is 0 Å². The first-order valence-electron chi connectivity index (χ1n) is 8.42. The van der Waals surface area contributed by atoms with Crippen molar-refractivity contribution in [2.24, 2.45) is 0 Å². The first kappa shape index (κ1) is 16.2. The number of benzene rings is 2. The lowest BCUT2D eigenvalue weighted by atomic mass is 10.1. The van der Waals surface area contributed by atoms with Crippen molar-refractivity contribution >= 4 is 17.5 Å². The molecule has 0 heterocycles. The maximum Gasteiger partial charge on any atom is 0.255 e. The van der Waals surface area contributed by atoms with Crippen molar-refractivity contribution in [3.63, 3.8) is 0 Å². The molecule has 0 aliphatic heterocycles. The molecule has 0 bridgehead atoms. The van der Waals surface area contributed by atoms with Gasteiger partial charge in [0.1, 0.15) is 0 Å². The molecule has 2 N–H and O–H groups in total. The minimum absolute atomic E-state index is 0.0605. The van der Waals surface area contributed by atoms with Gasteiger partial charge in [0.25, 0.3) is 5.91 Å². The number of carbonyl (C=O) groups is 2. The van der Waals surface area contributed by atoms with E-state index in [0.29, 0.717) is 18.0 Å². The Kier molecular flexibility index (Phi) is 4.94. The lowest BCUT2D eigenvalue weighted by Crippen LogP contribution is -2.26. The molecule has 0 saturated heterocycles. The summed E-state index contributed by atoms with van der Waals surface area (Å²) in [5, 5.41) is 5.85. The zero-order valence-electron chi connectivity index (χ0n) is 13.8. The molecule has 3 rings (SSSR count). The molecule has 1 fully saturated rings. The Bertz CT molecular complexity index is 716. The fraction of sp³-hybridized carbons (Fsp3) is 0.300. The third-order valence-electron chi connectivity index (χ3n) is 4.14. The van der Waals surface area contributed by atoms with Crippen molar-refractivity contribution in [3.05, 3.63) is 65.2 Å². The van der Waals surface area contributed by atoms with Crippen LogP contribution in [-0.4, -0.2) is 17.9 Å². The van der Waals surface area contributed by atoms with E-state index in [-0.39, 0.29) is 11.8 Å². The molecular formula is C20H22N2O2. The molecule has 124 valence electrons. The van der Waals surface area contributed by atoms with Crippen LogP contribution in [0.2, 0.25) is 0 Å². The van der Waals surface area contributed by atoms with Crippen LogP contribution in [0, 0.1) is 0 Å². The van der Waals surface area contributed by atoms with E-state index >= 15 is 0 Å². The van der Waals surface area contributed by atoms with Gasteiger partial charge in [-0.1, -0.05) is 31.2 Å². The molecule has 1 saturated carbocycles. The van der Waals surface area contributed by atoms with Gasteiger partial charge in [-0.25, -0.2) is 0 Å². The van der Waals surface area contributed by atoms with Gasteiger partial charge in [0.05, 0.1) is 6.42 Å². The number of hydrogen-bond acceptors (Lipinski definition) is 2. The largest absolute Gasteiger partial charge is 0.353 e. The summed E-state index contributed by atoms with van der Waals surface area (Å²) in [4.78, 5) is 24.0. The predicted octanol–water partition coefficient (Wildman–Crippen LogP) is 3.32. The van der Waals surface area contributed by atoms with Crippen LogP contribution in [0.5, 0.6) is 0 Å². The summed E-state index contributed by atoms with van der Waals surface area (Å²) in [6.07, 6.45) is 3.52. The summed E-state index contributed by atoms with van der Waals surface area (Å²) in [5.41, 5.74) is 3.52. The molecule has 24 heavy (non-hydrogen) atoms. The van der Waals surface area contributed by atoms with Crippen molar-refractivity contribution in [2.45, 2.75) is 38.6 Å². The second-order valence-corrected chi connectivity index (χ2v) is 6.22. The zero-order chi connectivity index (χ0) is 16.9. The van der Waals surface area contributed by atoms with Crippen LogP contribution in [0.4, 0.5) is 5.69 Å². The molecule has 2 amide bonds. The second kappa shape index (κ2) is 7.30. The van der Waals surface area contributed by atoms with Crippen LogP contribution in [0.15, 0.2) is 48.5 Å². The Balaban J connectivity index is 1.56. The third-order valence-corrected chi connectivity index (χ3v) is 4.14. The highest BCUT2D eigenvalue weighted by Gasteiger charge is 2.23. The second-order valence-electron chi connectivity index (χ2n) is 6.22. The molecule has 1 aliphatic rings. The highest BCUT2D eigenvalue weighted by atomic mass is 16.2. The molecule has 0 radical (unpaired) electrons. The Morgan fingerprint density at radius 3 is 2.17 bits per heavy atom. The van der Waals surface area contributed by atoms with Crippen LogP contribution in [0.1, 0.15) is 41.3 Å². The van der Waals surface area contributed by atoms with E-state index in [0.717, 1.165) is 30.5 Å². The summed E-state index contributed by atoms with van der Waals surface area (Å²) < 4.78 is 0. The number of nitrogens with one attached hydrogen (secondary N) is 2. The highest BCUT2D eigenvalue weighted by molar-refractivity contribution is 6.04. The monoisotopic (exact) mass is 322 g/mol. The van der Waals surface area contributed by atoms with Crippen LogP contribution in [-0.2, 0) is 17.6 Å². The molecular weight excluding hydrogens is 300 g/mol. The highest BCUT2D eigenvalue weighted by Crippen LogP contribution is 2.19. The fourth-order valence-electron chi connectivity index (χ4n) is 2.49. The maximum atomic E-state index is 12.2. The van der Waals surface area contributed by atoms with Crippen molar-refractivity contribution < 1.29 is 9.59 Å². The first-order chi connectivity index (χ1) is 11.6. The molecule has 4 heteroatoms. The summed E-state index contributed by atoms with van der Waals surface area (Å²) >= 11 is 0. The van der Waals surface area contributed by atoms with E-state index in [2.05, 4.69) is 17.6 Å². The van der Waals surface area contributed by atoms with Crippen LogP contribution in [0.3, 0.4) is 0 Å². The number of carbonyl (C=O) groups excluding carboxylic acids is 2. The topological polar surface area (TPSA) is 58.2 Å². The van der Waals surface area contributed by atoms with Gasteiger partial charge in [-0.3, -0.25) is 9.59 Å². The SMILES string of the molecule is CCc1ccc(C(=O)Nc2ccc(CC(=O)NC3CC3)cc2)cc1. The van der Waals surface area contributed by atoms with Crippen LogP contribution in [0.25, 0.3) is 0 Å². The van der Waals surface area contributed by atoms with Crippen molar-refractivity contribution in [1.82, 2.24) is 5.32 Å². The summed E-state index contributed by atoms with van der Waals surface area (Å²) in [6.45, 7) is 2.08. The van der Waals surface area contributed by atoms with Crippen molar-refractivity contribution in [3.8, 4) is 0 Å². The Labute approximate surface area is 142 Å². The van der Waals surface area contributed by atoms with Gasteiger partial charge in [-0.15, -0.1) is 0 Å². The molecule has 0 spiro atoms. The van der Waals surface area contributed by atoms with Gasteiger partial charge < -0.3 is 10.6 Å². The smallest absolute Gasteiger partial charge is 0.255 e. The predicted molar refractivity (Wildman–Crippen MR) is 95.1 cm³/mol. The molecule has 0 unspecified atom stereocenters. The van der Waals surface area contributed by atoms with Crippen LogP contribution < -0.4 is 10.6 Å². The van der Waals surface area contributed by atoms with E-state index in [1.54, 1.807) is 0 Å². The lowest BCUT2D eigenvalue weighted by molar-refractivity contribution is -0.120. The van der Waals surface area contributed by atoms with Gasteiger partial charge in [-0.05, 0) is 54.7 Å². The third kappa shape index (κ3) is 4.44. The summed E-state index contributed by atoms with van der Waals surface area (Å²) in [5.74, 6) is -0.0674. The number of hydrogen-bond donors (Lipinski definition) is 2. The van der Waals surface area contributed by atoms with Crippen molar-refractivity contribution in [1.29, 1.82) is 0 Å². The Morgan fingerprint density at radius 2 is 1.58 bits per heavy atom. The summed E-state index contributed by atoms with van der Waals surface area (Å²) in [7, 11) is 0. The molecule has 4 nitrogen and oxygen atoms in total. The summed E-state index contributed by atoms with van der Waals surface area (Å²) in [6, 6.07) is 15.4. The average Bonchev–Trinajstić information content (AvgIpc) is 3.40. The first-order valence-corrected chi connectivity index (χ1v) is 8.42. The Hall–Kier alpha value is -2.62. The van der Waals surface area contributed by atoms with E-state index in [1.807, 2.05) is 48.5 Å². The Morgan fingerprint density at radius 1 is 0.958 bits per heavy atom. The van der Waals surface area contributed by atoms with E-state index < -0.39 is 0 Å². The molecule has 1 aliphatic carbocycles. The maximum absolute atomic E-state index is 12.2. The molecule has 0 aromatic heterocycles. The van der Waals surface area contributed by atoms with Crippen molar-refractivity contribution in [2.75, 3.05) is 5.32 Å². The van der Waals surface area contributed by atoms with Gasteiger partial charge in [0.15, 0.2) is 0 Å². The van der Waals surface area contributed by atoms with Gasteiger partial charge >= 0.3 is 0 Å². The number of amides is 2. The minimum Gasteiger partial charge on any atom is -0.353 e. The number of aryl methyl sites for hydroxylation is 1. The fourth-order valence-corrected chi connectivity index (χ4v) is 2.49. The molecule has 2 aromatic rings. The van der Waals surface area contributed by atoms with Crippen LogP contribution >= 0.6 is 0 Å². The number of rotatable bonds is 6. The van der Waals surface area contributed by atoms with Gasteiger partial charge in [-0.2, -0.15) is 0 Å². The molecule has 0 atom stereocenters. The standard InChI is InChI=1S/C20H22N2O2/c1-2-14-3-7-16(8-4-14)20(24)22-18-9-5-15(6-10-18)13-19(23)21-17-11-12-17/h3-10,17H,2,11-13H2,1H3,(H,21,23)(H,22,24). The normalized spacial score (nSPS) is 13.4. The van der Waals surface area contributed by atoms with E-state index in [1.165, 1.54) is 5.56 Å². The number of anilines is 1. The quantitative estimate of drug-likeness (QED) is 0.857. The lowest BCUT2D eigenvalue weighted by Gasteiger charge is -2.08.